The third kappa shape index (κ3) is 3.81. The van der Waals surface area contributed by atoms with Crippen molar-refractivity contribution >= 4 is 17.6 Å². The maximum absolute atomic E-state index is 13.4. The molecule has 0 aromatic heterocycles. The van der Waals surface area contributed by atoms with Gasteiger partial charge in [0.15, 0.2) is 23.7 Å². The standard InChI is InChI=1S/C39H34N2O9/c1-41-13-12-38-24-9-10-29(44)36(38)49-35-30(11-2-19(34(35)38)14-28(24)41)47-18-33(45)40-20-3-6-23-27(15-20)39(50-37(23)46)25-7-4-21(42)16-31(25)48-32-17-22(43)5-8-26(32)39/h2-8,11,15-17,24,28-29,36,42-44H,9-10,12-14,18H2,1H3,(H,40,45)/t24-,28+,29-,36-,38-/m0/s1. The quantitative estimate of drug-likeness (QED) is 0.225. The first-order valence-electron chi connectivity index (χ1n) is 17.0. The molecule has 6 aliphatic rings. The van der Waals surface area contributed by atoms with Gasteiger partial charge in [-0.15, -0.1) is 0 Å². The van der Waals surface area contributed by atoms with E-state index in [2.05, 4.69) is 23.3 Å². The lowest BCUT2D eigenvalue weighted by atomic mass is 9.51. The number of hydrogen-bond donors (Lipinski definition) is 4. The number of benzene rings is 4. The highest BCUT2D eigenvalue weighted by Crippen LogP contribution is 2.64. The summed E-state index contributed by atoms with van der Waals surface area (Å²) in [5.74, 6) is 1.01. The number of phenols is 2. The average Bonchev–Trinajstić information content (AvgIpc) is 3.59. The van der Waals surface area contributed by atoms with Crippen molar-refractivity contribution in [1.29, 1.82) is 0 Å². The number of nitrogens with zero attached hydrogens (tertiary/aromatic N) is 1. The number of piperidine rings is 1. The molecule has 2 aliphatic carbocycles. The van der Waals surface area contributed by atoms with Crippen LogP contribution in [0.15, 0.2) is 66.7 Å². The largest absolute Gasteiger partial charge is 0.508 e. The first-order chi connectivity index (χ1) is 24.2. The normalized spacial score (nSPS) is 27.2. The molecule has 10 rings (SSSR count). The summed E-state index contributed by atoms with van der Waals surface area (Å²) in [6, 6.07) is 18.4. The number of likely N-dealkylation sites (N-methyl/N-ethyl adjacent to an activating group) is 1. The van der Waals surface area contributed by atoms with E-state index in [0.717, 1.165) is 31.4 Å². The minimum Gasteiger partial charge on any atom is -0.508 e. The highest BCUT2D eigenvalue weighted by atomic mass is 16.6. The molecule has 4 N–H and O–H groups in total. The second-order valence-corrected chi connectivity index (χ2v) is 14.4. The number of esters is 1. The monoisotopic (exact) mass is 674 g/mol. The molecule has 11 heteroatoms. The van der Waals surface area contributed by atoms with Gasteiger partial charge in [0.25, 0.3) is 5.91 Å². The molecule has 1 saturated heterocycles. The van der Waals surface area contributed by atoms with Gasteiger partial charge < -0.3 is 44.5 Å². The molecule has 4 aliphatic heterocycles. The van der Waals surface area contributed by atoms with Gasteiger partial charge in [0.2, 0.25) is 0 Å². The topological polar surface area (TPSA) is 147 Å². The van der Waals surface area contributed by atoms with Crippen molar-refractivity contribution in [1.82, 2.24) is 4.90 Å². The molecule has 4 aromatic carbocycles. The average molecular weight is 675 g/mol. The van der Waals surface area contributed by atoms with Crippen molar-refractivity contribution in [3.8, 4) is 34.5 Å². The van der Waals surface area contributed by atoms with Crippen LogP contribution in [0.4, 0.5) is 5.69 Å². The van der Waals surface area contributed by atoms with Gasteiger partial charge >= 0.3 is 5.97 Å². The van der Waals surface area contributed by atoms with Crippen molar-refractivity contribution in [3.63, 3.8) is 0 Å². The number of amides is 1. The second-order valence-electron chi connectivity index (χ2n) is 14.4. The molecule has 11 nitrogen and oxygen atoms in total. The summed E-state index contributed by atoms with van der Waals surface area (Å²) in [6.07, 6.45) is 2.60. The van der Waals surface area contributed by atoms with E-state index < -0.39 is 23.6 Å². The summed E-state index contributed by atoms with van der Waals surface area (Å²) in [4.78, 5) is 29.2. The van der Waals surface area contributed by atoms with E-state index in [9.17, 15) is 24.9 Å². The Labute approximate surface area is 287 Å². The number of aliphatic hydroxyl groups excluding tert-OH is 1. The fourth-order valence-corrected chi connectivity index (χ4v) is 9.93. The second kappa shape index (κ2) is 10.1. The van der Waals surface area contributed by atoms with Crippen molar-refractivity contribution in [2.75, 3.05) is 25.5 Å². The van der Waals surface area contributed by atoms with Crippen LogP contribution >= 0.6 is 0 Å². The van der Waals surface area contributed by atoms with E-state index in [1.807, 2.05) is 6.07 Å². The highest BCUT2D eigenvalue weighted by molar-refractivity contribution is 5.99. The molecule has 2 fully saturated rings. The lowest BCUT2D eigenvalue weighted by Gasteiger charge is -2.58. The lowest BCUT2D eigenvalue weighted by Crippen LogP contribution is -2.66. The number of anilines is 1. The fraction of sp³-hybridized carbons (Fsp3) is 0.333. The van der Waals surface area contributed by atoms with Crippen LogP contribution in [0.1, 0.15) is 57.4 Å². The number of fused-ring (bicyclic) bond motifs is 6. The van der Waals surface area contributed by atoms with Gasteiger partial charge in [0.1, 0.15) is 29.1 Å². The van der Waals surface area contributed by atoms with E-state index in [1.54, 1.807) is 30.3 Å². The Hall–Kier alpha value is -5.26. The van der Waals surface area contributed by atoms with Crippen LogP contribution in [0.5, 0.6) is 34.5 Å². The summed E-state index contributed by atoms with van der Waals surface area (Å²) in [6.45, 7) is 0.647. The zero-order chi connectivity index (χ0) is 34.1. The lowest BCUT2D eigenvalue weighted by molar-refractivity contribution is -0.118. The van der Waals surface area contributed by atoms with Crippen LogP contribution in [0.25, 0.3) is 0 Å². The van der Waals surface area contributed by atoms with E-state index in [-0.39, 0.29) is 41.1 Å². The predicted molar refractivity (Wildman–Crippen MR) is 178 cm³/mol. The Bertz CT molecular complexity index is 2110. The number of rotatable bonds is 4. The predicted octanol–water partition coefficient (Wildman–Crippen LogP) is 4.71. The number of aliphatic hydroxyl groups is 1. The van der Waals surface area contributed by atoms with Crippen molar-refractivity contribution in [2.45, 2.75) is 54.9 Å². The number of likely N-dealkylation sites (tertiary alicyclic amines) is 1. The van der Waals surface area contributed by atoms with Crippen LogP contribution < -0.4 is 19.5 Å². The van der Waals surface area contributed by atoms with E-state index >= 15 is 0 Å². The maximum atomic E-state index is 13.4. The van der Waals surface area contributed by atoms with Gasteiger partial charge in [-0.25, -0.2) is 4.79 Å². The number of ether oxygens (including phenoxy) is 4. The van der Waals surface area contributed by atoms with Crippen molar-refractivity contribution < 1.29 is 43.9 Å². The van der Waals surface area contributed by atoms with Crippen LogP contribution in [0, 0.1) is 5.92 Å². The third-order valence-electron chi connectivity index (χ3n) is 12.0. The highest BCUT2D eigenvalue weighted by Gasteiger charge is 2.65. The van der Waals surface area contributed by atoms with Gasteiger partial charge in [-0.2, -0.15) is 0 Å². The van der Waals surface area contributed by atoms with Crippen LogP contribution in [-0.2, 0) is 27.0 Å². The Morgan fingerprint density at radius 3 is 2.50 bits per heavy atom. The first kappa shape index (κ1) is 29.6. The number of carbonyl (C=O) groups excluding carboxylic acids is 2. The minimum absolute atomic E-state index is 0.0409. The molecule has 4 heterocycles. The Morgan fingerprint density at radius 2 is 1.74 bits per heavy atom. The summed E-state index contributed by atoms with van der Waals surface area (Å²) in [5.41, 5.74) is 2.86. The van der Waals surface area contributed by atoms with E-state index in [4.69, 9.17) is 18.9 Å². The number of hydrogen-bond acceptors (Lipinski definition) is 10. The maximum Gasteiger partial charge on any atom is 0.340 e. The summed E-state index contributed by atoms with van der Waals surface area (Å²) < 4.78 is 24.9. The molecule has 4 aromatic rings. The Morgan fingerprint density at radius 1 is 0.980 bits per heavy atom. The molecule has 2 spiro atoms. The van der Waals surface area contributed by atoms with E-state index in [0.29, 0.717) is 57.8 Å². The van der Waals surface area contributed by atoms with Gasteiger partial charge in [-0.1, -0.05) is 6.07 Å². The van der Waals surface area contributed by atoms with Crippen molar-refractivity contribution in [2.24, 2.45) is 5.92 Å². The van der Waals surface area contributed by atoms with Gasteiger partial charge in [0, 0.05) is 51.5 Å². The molecule has 50 heavy (non-hydrogen) atoms. The number of nitrogens with one attached hydrogen (secondary N) is 1. The molecule has 254 valence electrons. The van der Waals surface area contributed by atoms with Gasteiger partial charge in [-0.3, -0.25) is 4.79 Å². The van der Waals surface area contributed by atoms with Crippen LogP contribution in [0.3, 0.4) is 0 Å². The zero-order valence-electron chi connectivity index (χ0n) is 27.1. The zero-order valence-corrected chi connectivity index (χ0v) is 27.1. The number of carbonyl (C=O) groups is 2. The number of aromatic hydroxyl groups is 2. The summed E-state index contributed by atoms with van der Waals surface area (Å²) in [7, 11) is 2.19. The van der Waals surface area contributed by atoms with E-state index in [1.165, 1.54) is 29.8 Å². The summed E-state index contributed by atoms with van der Waals surface area (Å²) >= 11 is 0. The van der Waals surface area contributed by atoms with Crippen LogP contribution in [-0.4, -0.2) is 70.5 Å². The molecule has 2 bridgehead atoms. The van der Waals surface area contributed by atoms with Gasteiger partial charge in [0.05, 0.1) is 11.7 Å². The molecule has 1 saturated carbocycles. The molecule has 1 amide bonds. The van der Waals surface area contributed by atoms with Crippen LogP contribution in [0.2, 0.25) is 0 Å². The third-order valence-corrected chi connectivity index (χ3v) is 12.0. The van der Waals surface area contributed by atoms with Crippen molar-refractivity contribution in [3.05, 3.63) is 100 Å². The Kier molecular flexibility index (Phi) is 6.01. The summed E-state index contributed by atoms with van der Waals surface area (Å²) in [5, 5.41) is 34.5. The van der Waals surface area contributed by atoms with Gasteiger partial charge in [-0.05, 0) is 99.3 Å². The molecule has 0 radical (unpaired) electrons. The minimum atomic E-state index is -1.45. The number of phenolic OH excluding ortho intramolecular Hbond substituents is 2. The molecule has 0 unspecified atom stereocenters. The smallest absolute Gasteiger partial charge is 0.340 e. The Balaban J connectivity index is 0.957. The molecule has 5 atom stereocenters. The molecular weight excluding hydrogens is 640 g/mol. The molecular formula is C39H34N2O9. The fourth-order valence-electron chi connectivity index (χ4n) is 9.93. The SMILES string of the molecule is CN1CC[C@]23c4c5ccc(OCC(=O)Nc6ccc7c(c6)C6(OC7=O)c7ccc(O)cc7Oc7cc(O)ccc76)c4O[C@H]2[C@@H](O)CC[C@H]3[C@H]1C5. The first-order valence-corrected chi connectivity index (χ1v) is 17.0.